The molecular weight excluding hydrogens is 260 g/mol. The summed E-state index contributed by atoms with van der Waals surface area (Å²) < 4.78 is 0. The van der Waals surface area contributed by atoms with E-state index in [1.165, 1.54) is 0 Å². The molecule has 8 heteroatoms. The normalized spacial score (nSPS) is 10.1. The predicted octanol–water partition coefficient (Wildman–Crippen LogP) is 0.131. The number of tetrazole rings is 1. The summed E-state index contributed by atoms with van der Waals surface area (Å²) in [6, 6.07) is 6.99. The quantitative estimate of drug-likeness (QED) is 0.717. The van der Waals surface area contributed by atoms with Gasteiger partial charge in [-0.3, -0.25) is 9.59 Å². The Kier molecular flexibility index (Phi) is 4.38. The van der Waals surface area contributed by atoms with Crippen molar-refractivity contribution in [2.75, 3.05) is 11.9 Å². The summed E-state index contributed by atoms with van der Waals surface area (Å²) in [6.45, 7) is 2.48. The average Bonchev–Trinajstić information content (AvgIpc) is 2.95. The van der Waals surface area contributed by atoms with E-state index in [1.54, 1.807) is 24.3 Å². The Labute approximate surface area is 115 Å². The van der Waals surface area contributed by atoms with Gasteiger partial charge in [0.1, 0.15) is 0 Å². The van der Waals surface area contributed by atoms with Gasteiger partial charge in [0.2, 0.25) is 5.91 Å². The molecule has 0 unspecified atom stereocenters. The van der Waals surface area contributed by atoms with E-state index in [1.807, 2.05) is 6.92 Å². The van der Waals surface area contributed by atoms with Crippen LogP contribution >= 0.6 is 0 Å². The van der Waals surface area contributed by atoms with Crippen LogP contribution in [-0.4, -0.2) is 39.0 Å². The predicted molar refractivity (Wildman–Crippen MR) is 71.0 cm³/mol. The second-order valence-corrected chi connectivity index (χ2v) is 4.02. The molecule has 8 nitrogen and oxygen atoms in total. The Bertz CT molecular complexity index is 579. The highest BCUT2D eigenvalue weighted by atomic mass is 16.2. The first-order valence-electron chi connectivity index (χ1n) is 6.09. The van der Waals surface area contributed by atoms with Crippen molar-refractivity contribution in [2.45, 2.75) is 13.3 Å². The highest BCUT2D eigenvalue weighted by molar-refractivity contribution is 6.01. The van der Waals surface area contributed by atoms with Crippen LogP contribution in [0.1, 0.15) is 23.1 Å². The molecule has 1 aromatic carbocycles. The third-order valence-corrected chi connectivity index (χ3v) is 2.50. The molecule has 0 fully saturated rings. The third kappa shape index (κ3) is 3.61. The Balaban J connectivity index is 1.95. The van der Waals surface area contributed by atoms with Crippen molar-refractivity contribution < 1.29 is 9.59 Å². The molecule has 0 aliphatic rings. The molecule has 104 valence electrons. The van der Waals surface area contributed by atoms with Gasteiger partial charge in [-0.05, 0) is 29.8 Å². The highest BCUT2D eigenvalue weighted by Crippen LogP contribution is 2.10. The first-order chi connectivity index (χ1) is 9.69. The van der Waals surface area contributed by atoms with E-state index in [2.05, 4.69) is 31.3 Å². The van der Waals surface area contributed by atoms with Gasteiger partial charge in [-0.25, -0.2) is 0 Å². The first kappa shape index (κ1) is 13.7. The minimum Gasteiger partial charge on any atom is -0.356 e. The van der Waals surface area contributed by atoms with Crippen molar-refractivity contribution >= 4 is 17.5 Å². The van der Waals surface area contributed by atoms with Gasteiger partial charge in [0.15, 0.2) is 0 Å². The minimum absolute atomic E-state index is 0.0311. The van der Waals surface area contributed by atoms with E-state index in [0.29, 0.717) is 18.7 Å². The zero-order chi connectivity index (χ0) is 14.4. The molecule has 0 saturated carbocycles. The molecule has 0 atom stereocenters. The smallest absolute Gasteiger partial charge is 0.297 e. The minimum atomic E-state index is -0.449. The van der Waals surface area contributed by atoms with Gasteiger partial charge in [0.05, 0.1) is 6.42 Å². The van der Waals surface area contributed by atoms with Crippen LogP contribution < -0.4 is 10.6 Å². The van der Waals surface area contributed by atoms with E-state index in [0.717, 1.165) is 5.56 Å². The molecule has 2 aromatic rings. The maximum atomic E-state index is 11.7. The summed E-state index contributed by atoms with van der Waals surface area (Å²) in [6.07, 6.45) is 0.312. The number of carbonyl (C=O) groups is 2. The van der Waals surface area contributed by atoms with Crippen molar-refractivity contribution in [2.24, 2.45) is 0 Å². The lowest BCUT2D eigenvalue weighted by molar-refractivity contribution is -0.120. The molecule has 2 amide bonds. The lowest BCUT2D eigenvalue weighted by atomic mass is 10.1. The maximum Gasteiger partial charge on any atom is 0.297 e. The number of hydrogen-bond acceptors (Lipinski definition) is 5. The van der Waals surface area contributed by atoms with Crippen LogP contribution in [0.25, 0.3) is 0 Å². The number of hydrogen-bond donors (Lipinski definition) is 3. The number of H-pyrrole nitrogens is 1. The van der Waals surface area contributed by atoms with Crippen molar-refractivity contribution in [3.8, 4) is 0 Å². The van der Waals surface area contributed by atoms with Crippen LogP contribution in [0.3, 0.4) is 0 Å². The Hall–Kier alpha value is -2.77. The number of carbonyl (C=O) groups excluding carboxylic acids is 2. The van der Waals surface area contributed by atoms with Crippen molar-refractivity contribution in [3.63, 3.8) is 0 Å². The van der Waals surface area contributed by atoms with Crippen LogP contribution in [0.4, 0.5) is 5.69 Å². The fourth-order valence-electron chi connectivity index (χ4n) is 1.60. The SMILES string of the molecule is CCNC(=O)Cc1ccc(NC(=O)c2nn[nH]n2)cc1. The van der Waals surface area contributed by atoms with Gasteiger partial charge in [-0.1, -0.05) is 12.1 Å². The summed E-state index contributed by atoms with van der Waals surface area (Å²) in [5.74, 6) is -0.511. The van der Waals surface area contributed by atoms with Crippen molar-refractivity contribution in [3.05, 3.63) is 35.7 Å². The summed E-state index contributed by atoms with van der Waals surface area (Å²) in [7, 11) is 0. The number of aromatic amines is 1. The molecule has 20 heavy (non-hydrogen) atoms. The number of amides is 2. The van der Waals surface area contributed by atoms with Crippen LogP contribution in [0.2, 0.25) is 0 Å². The molecular formula is C12H14N6O2. The molecule has 0 spiro atoms. The topological polar surface area (TPSA) is 113 Å². The Morgan fingerprint density at radius 3 is 2.60 bits per heavy atom. The fraction of sp³-hybridized carbons (Fsp3) is 0.250. The molecule has 0 aliphatic heterocycles. The van der Waals surface area contributed by atoms with Gasteiger partial charge >= 0.3 is 0 Å². The summed E-state index contributed by atoms with van der Waals surface area (Å²) in [4.78, 5) is 23.1. The van der Waals surface area contributed by atoms with Crippen LogP contribution in [0.15, 0.2) is 24.3 Å². The zero-order valence-corrected chi connectivity index (χ0v) is 10.9. The van der Waals surface area contributed by atoms with Crippen molar-refractivity contribution in [1.29, 1.82) is 0 Å². The molecule has 0 radical (unpaired) electrons. The highest BCUT2D eigenvalue weighted by Gasteiger charge is 2.10. The molecule has 3 N–H and O–H groups in total. The number of anilines is 1. The molecule has 1 aromatic heterocycles. The first-order valence-corrected chi connectivity index (χ1v) is 6.09. The summed E-state index contributed by atoms with van der Waals surface area (Å²) >= 11 is 0. The molecule has 2 rings (SSSR count). The van der Waals surface area contributed by atoms with E-state index in [-0.39, 0.29) is 11.7 Å². The zero-order valence-electron chi connectivity index (χ0n) is 10.9. The van der Waals surface area contributed by atoms with Gasteiger partial charge in [0, 0.05) is 12.2 Å². The van der Waals surface area contributed by atoms with E-state index >= 15 is 0 Å². The molecule has 0 aliphatic carbocycles. The second kappa shape index (κ2) is 6.41. The monoisotopic (exact) mass is 274 g/mol. The van der Waals surface area contributed by atoms with Crippen LogP contribution in [-0.2, 0) is 11.2 Å². The van der Waals surface area contributed by atoms with Crippen molar-refractivity contribution in [1.82, 2.24) is 25.9 Å². The van der Waals surface area contributed by atoms with Gasteiger partial charge < -0.3 is 10.6 Å². The largest absolute Gasteiger partial charge is 0.356 e. The van der Waals surface area contributed by atoms with Gasteiger partial charge in [0.25, 0.3) is 11.7 Å². The number of rotatable bonds is 5. The van der Waals surface area contributed by atoms with E-state index in [9.17, 15) is 9.59 Å². The molecule has 0 saturated heterocycles. The summed E-state index contributed by atoms with van der Waals surface area (Å²) in [5, 5.41) is 18.0. The third-order valence-electron chi connectivity index (χ3n) is 2.50. The van der Waals surface area contributed by atoms with E-state index in [4.69, 9.17) is 0 Å². The molecule has 1 heterocycles. The Morgan fingerprint density at radius 2 is 2.00 bits per heavy atom. The Morgan fingerprint density at radius 1 is 1.25 bits per heavy atom. The number of nitrogens with one attached hydrogen (secondary N) is 3. The van der Waals surface area contributed by atoms with E-state index < -0.39 is 5.91 Å². The van der Waals surface area contributed by atoms with Gasteiger partial charge in [-0.2, -0.15) is 5.21 Å². The average molecular weight is 274 g/mol. The number of likely N-dealkylation sites (N-methyl/N-ethyl adjacent to an activating group) is 1. The second-order valence-electron chi connectivity index (χ2n) is 4.02. The van der Waals surface area contributed by atoms with Crippen LogP contribution in [0.5, 0.6) is 0 Å². The molecule has 0 bridgehead atoms. The summed E-state index contributed by atoms with van der Waals surface area (Å²) in [5.41, 5.74) is 1.47. The number of aromatic nitrogens is 4. The standard InChI is InChI=1S/C12H14N6O2/c1-2-13-10(19)7-8-3-5-9(6-4-8)14-12(20)11-15-17-18-16-11/h3-6H,2,7H2,1H3,(H,13,19)(H,14,20)(H,15,16,17,18). The number of nitrogens with zero attached hydrogens (tertiary/aromatic N) is 3. The lowest BCUT2D eigenvalue weighted by Crippen LogP contribution is -2.24. The maximum absolute atomic E-state index is 11.7. The fourth-order valence-corrected chi connectivity index (χ4v) is 1.60. The lowest BCUT2D eigenvalue weighted by Gasteiger charge is -2.05. The van der Waals surface area contributed by atoms with Gasteiger partial charge in [-0.15, -0.1) is 10.2 Å². The number of benzene rings is 1. The van der Waals surface area contributed by atoms with Crippen LogP contribution in [0, 0.1) is 0 Å².